The minimum absolute atomic E-state index is 0.0497. The molecular weight excluding hydrogens is 222 g/mol. The summed E-state index contributed by atoms with van der Waals surface area (Å²) in [6, 6.07) is 7.67. The Labute approximate surface area is 99.5 Å². The van der Waals surface area contributed by atoms with Crippen molar-refractivity contribution >= 4 is 11.6 Å². The van der Waals surface area contributed by atoms with Gasteiger partial charge in [-0.2, -0.15) is 0 Å². The monoisotopic (exact) mass is 233 g/mol. The molecule has 0 atom stereocenters. The normalized spacial score (nSPS) is 10.4. The van der Waals surface area contributed by atoms with Crippen molar-refractivity contribution in [1.82, 2.24) is 4.98 Å². The third-order valence-electron chi connectivity index (χ3n) is 2.42. The van der Waals surface area contributed by atoms with Gasteiger partial charge < -0.3 is 5.11 Å². The second-order valence-electron chi connectivity index (χ2n) is 3.72. The van der Waals surface area contributed by atoms with Gasteiger partial charge in [0.25, 0.3) is 0 Å². The number of nitrogens with zero attached hydrogens (tertiary/aromatic N) is 1. The van der Waals surface area contributed by atoms with Crippen molar-refractivity contribution in [2.75, 3.05) is 0 Å². The van der Waals surface area contributed by atoms with E-state index in [4.69, 9.17) is 16.7 Å². The van der Waals surface area contributed by atoms with Crippen molar-refractivity contribution < 1.29 is 5.11 Å². The zero-order chi connectivity index (χ0) is 11.5. The molecule has 0 saturated heterocycles. The fourth-order valence-electron chi connectivity index (χ4n) is 1.59. The first-order valence-electron chi connectivity index (χ1n) is 5.02. The number of halogens is 1. The highest BCUT2D eigenvalue weighted by Gasteiger charge is 2.03. The van der Waals surface area contributed by atoms with Crippen LogP contribution in [0, 0.1) is 6.92 Å². The van der Waals surface area contributed by atoms with Gasteiger partial charge in [-0.05, 0) is 41.8 Å². The number of benzene rings is 1. The molecule has 0 amide bonds. The number of pyridine rings is 1. The first kappa shape index (κ1) is 11.1. The van der Waals surface area contributed by atoms with Crippen molar-refractivity contribution in [3.05, 3.63) is 52.8 Å². The molecule has 3 heteroatoms. The largest absolute Gasteiger partial charge is 0.392 e. The quantitative estimate of drug-likeness (QED) is 0.864. The molecule has 0 fully saturated rings. The van der Waals surface area contributed by atoms with E-state index in [0.29, 0.717) is 5.02 Å². The Hall–Kier alpha value is -1.38. The summed E-state index contributed by atoms with van der Waals surface area (Å²) in [5, 5.41) is 9.73. The van der Waals surface area contributed by atoms with Gasteiger partial charge in [0, 0.05) is 23.0 Å². The SMILES string of the molecule is Cc1cncc(-c2ccc(Cl)c(CO)c2)c1. The van der Waals surface area contributed by atoms with Crippen LogP contribution in [0.4, 0.5) is 0 Å². The molecule has 0 unspecified atom stereocenters. The van der Waals surface area contributed by atoms with E-state index in [1.807, 2.05) is 25.3 Å². The standard InChI is InChI=1S/C13H12ClNO/c1-9-4-11(7-15-6-9)10-2-3-13(14)12(5-10)8-16/h2-7,16H,8H2,1H3. The third-order valence-corrected chi connectivity index (χ3v) is 2.79. The molecule has 0 radical (unpaired) electrons. The van der Waals surface area contributed by atoms with Gasteiger partial charge in [0.2, 0.25) is 0 Å². The van der Waals surface area contributed by atoms with Crippen LogP contribution >= 0.6 is 11.6 Å². The minimum atomic E-state index is -0.0497. The van der Waals surface area contributed by atoms with Crippen LogP contribution < -0.4 is 0 Å². The molecule has 0 bridgehead atoms. The van der Waals surface area contributed by atoms with Crippen LogP contribution in [-0.4, -0.2) is 10.1 Å². The average molecular weight is 234 g/mol. The molecule has 1 aromatic carbocycles. The molecule has 0 aliphatic heterocycles. The highest BCUT2D eigenvalue weighted by molar-refractivity contribution is 6.31. The van der Waals surface area contributed by atoms with Crippen molar-refractivity contribution in [2.24, 2.45) is 0 Å². The molecule has 1 heterocycles. The molecule has 0 aliphatic carbocycles. The topological polar surface area (TPSA) is 33.1 Å². The van der Waals surface area contributed by atoms with Gasteiger partial charge in [0.1, 0.15) is 0 Å². The van der Waals surface area contributed by atoms with Gasteiger partial charge in [0.15, 0.2) is 0 Å². The highest BCUT2D eigenvalue weighted by Crippen LogP contribution is 2.25. The second-order valence-corrected chi connectivity index (χ2v) is 4.12. The van der Waals surface area contributed by atoms with Crippen molar-refractivity contribution in [2.45, 2.75) is 13.5 Å². The van der Waals surface area contributed by atoms with Crippen LogP contribution in [-0.2, 0) is 6.61 Å². The van der Waals surface area contributed by atoms with Gasteiger partial charge in [0.05, 0.1) is 6.61 Å². The maximum atomic E-state index is 9.14. The van der Waals surface area contributed by atoms with E-state index >= 15 is 0 Å². The van der Waals surface area contributed by atoms with Crippen LogP contribution in [0.2, 0.25) is 5.02 Å². The van der Waals surface area contributed by atoms with E-state index in [-0.39, 0.29) is 6.61 Å². The summed E-state index contributed by atoms with van der Waals surface area (Å²) in [5.41, 5.74) is 3.90. The lowest BCUT2D eigenvalue weighted by Gasteiger charge is -2.06. The Morgan fingerprint density at radius 2 is 2.00 bits per heavy atom. The van der Waals surface area contributed by atoms with Gasteiger partial charge in [-0.1, -0.05) is 17.7 Å². The fourth-order valence-corrected chi connectivity index (χ4v) is 1.77. The van der Waals surface area contributed by atoms with Crippen molar-refractivity contribution in [1.29, 1.82) is 0 Å². The number of aliphatic hydroxyl groups is 1. The lowest BCUT2D eigenvalue weighted by Crippen LogP contribution is -1.88. The molecule has 0 saturated carbocycles. The summed E-state index contributed by atoms with van der Waals surface area (Å²) < 4.78 is 0. The van der Waals surface area contributed by atoms with Crippen LogP contribution in [0.1, 0.15) is 11.1 Å². The number of hydrogen-bond donors (Lipinski definition) is 1. The minimum Gasteiger partial charge on any atom is -0.392 e. The molecule has 1 aromatic heterocycles. The first-order valence-corrected chi connectivity index (χ1v) is 5.40. The molecule has 1 N–H and O–H groups in total. The molecular formula is C13H12ClNO. The fraction of sp³-hybridized carbons (Fsp3) is 0.154. The van der Waals surface area contributed by atoms with E-state index < -0.39 is 0 Å². The number of hydrogen-bond acceptors (Lipinski definition) is 2. The van der Waals surface area contributed by atoms with E-state index in [1.165, 1.54) is 0 Å². The maximum absolute atomic E-state index is 9.14. The Morgan fingerprint density at radius 1 is 1.19 bits per heavy atom. The molecule has 2 nitrogen and oxygen atoms in total. The number of aryl methyl sites for hydroxylation is 1. The molecule has 0 aliphatic rings. The zero-order valence-electron chi connectivity index (χ0n) is 8.94. The molecule has 2 aromatic rings. The Bertz CT molecular complexity index is 511. The highest BCUT2D eigenvalue weighted by atomic mass is 35.5. The Morgan fingerprint density at radius 3 is 2.69 bits per heavy atom. The summed E-state index contributed by atoms with van der Waals surface area (Å²) >= 11 is 5.94. The van der Waals surface area contributed by atoms with Crippen molar-refractivity contribution in [3.8, 4) is 11.1 Å². The lowest BCUT2D eigenvalue weighted by molar-refractivity contribution is 0.282. The summed E-state index contributed by atoms with van der Waals surface area (Å²) in [6.45, 7) is 1.95. The number of aromatic nitrogens is 1. The third kappa shape index (κ3) is 2.23. The summed E-state index contributed by atoms with van der Waals surface area (Å²) in [7, 11) is 0. The van der Waals surface area contributed by atoms with Gasteiger partial charge >= 0.3 is 0 Å². The van der Waals surface area contributed by atoms with Crippen LogP contribution in [0.5, 0.6) is 0 Å². The predicted molar refractivity (Wildman–Crippen MR) is 65.3 cm³/mol. The van der Waals surface area contributed by atoms with Crippen LogP contribution in [0.15, 0.2) is 36.7 Å². The molecule has 82 valence electrons. The Balaban J connectivity index is 2.48. The van der Waals surface area contributed by atoms with Crippen molar-refractivity contribution in [3.63, 3.8) is 0 Å². The average Bonchev–Trinajstić information content (AvgIpc) is 2.29. The van der Waals surface area contributed by atoms with E-state index in [1.54, 1.807) is 12.3 Å². The molecule has 0 spiro atoms. The summed E-state index contributed by atoms with van der Waals surface area (Å²) in [6.07, 6.45) is 3.61. The van der Waals surface area contributed by atoms with Gasteiger partial charge in [-0.15, -0.1) is 0 Å². The van der Waals surface area contributed by atoms with Crippen LogP contribution in [0.25, 0.3) is 11.1 Å². The van der Waals surface area contributed by atoms with Gasteiger partial charge in [-0.25, -0.2) is 0 Å². The summed E-state index contributed by atoms with van der Waals surface area (Å²) in [4.78, 5) is 4.14. The Kier molecular flexibility index (Phi) is 3.22. The van der Waals surface area contributed by atoms with E-state index in [9.17, 15) is 0 Å². The first-order chi connectivity index (χ1) is 7.70. The predicted octanol–water partition coefficient (Wildman–Crippen LogP) is 3.20. The van der Waals surface area contributed by atoms with E-state index in [0.717, 1.165) is 22.3 Å². The second kappa shape index (κ2) is 4.64. The van der Waals surface area contributed by atoms with E-state index in [2.05, 4.69) is 11.1 Å². The van der Waals surface area contributed by atoms with Gasteiger partial charge in [-0.3, -0.25) is 4.98 Å². The zero-order valence-corrected chi connectivity index (χ0v) is 9.70. The number of aliphatic hydroxyl groups excluding tert-OH is 1. The molecule has 16 heavy (non-hydrogen) atoms. The van der Waals surface area contributed by atoms with Crippen LogP contribution in [0.3, 0.4) is 0 Å². The molecule has 2 rings (SSSR count). The summed E-state index contributed by atoms with van der Waals surface area (Å²) in [5.74, 6) is 0. The smallest absolute Gasteiger partial charge is 0.0696 e. The lowest BCUT2D eigenvalue weighted by atomic mass is 10.0. The number of rotatable bonds is 2. The maximum Gasteiger partial charge on any atom is 0.0696 e.